The van der Waals surface area contributed by atoms with E-state index >= 15 is 0 Å². The van der Waals surface area contributed by atoms with Crippen molar-refractivity contribution in [2.45, 2.75) is 53.1 Å². The summed E-state index contributed by atoms with van der Waals surface area (Å²) >= 11 is 0. The highest BCUT2D eigenvalue weighted by atomic mass is 19.1. The van der Waals surface area contributed by atoms with E-state index < -0.39 is 6.17 Å². The van der Waals surface area contributed by atoms with E-state index in [0.29, 0.717) is 17.8 Å². The monoisotopic (exact) mass is 250 g/mol. The summed E-state index contributed by atoms with van der Waals surface area (Å²) in [5.41, 5.74) is 0.937. The molecule has 6 atom stereocenters. The van der Waals surface area contributed by atoms with Crippen molar-refractivity contribution in [2.24, 2.45) is 29.6 Å². The fraction of sp³-hybridized carbons (Fsp3) is 0.765. The van der Waals surface area contributed by atoms with E-state index in [9.17, 15) is 4.39 Å². The number of rotatable bonds is 2. The summed E-state index contributed by atoms with van der Waals surface area (Å²) in [6, 6.07) is 0. The van der Waals surface area contributed by atoms with E-state index in [1.54, 1.807) is 0 Å². The lowest BCUT2D eigenvalue weighted by molar-refractivity contribution is 0.143. The number of hydrogen-bond donors (Lipinski definition) is 0. The van der Waals surface area contributed by atoms with E-state index in [1.165, 1.54) is 6.42 Å². The minimum Gasteiger partial charge on any atom is -0.242 e. The van der Waals surface area contributed by atoms with Crippen LogP contribution in [0.5, 0.6) is 0 Å². The molecular weight excluding hydrogens is 223 g/mol. The molecule has 0 saturated heterocycles. The molecule has 0 N–H and O–H groups in total. The van der Waals surface area contributed by atoms with Gasteiger partial charge in [0, 0.05) is 0 Å². The molecule has 5 unspecified atom stereocenters. The molecule has 0 aromatic rings. The molecule has 0 aromatic carbocycles. The molecule has 0 spiro atoms. The summed E-state index contributed by atoms with van der Waals surface area (Å²) in [5.74, 6) is 2.71. The molecule has 18 heavy (non-hydrogen) atoms. The molecule has 0 bridgehead atoms. The number of alkyl halides is 1. The standard InChI is InChI=1S/C17H27F/c1-11-5-7-15(9-13(11)3)17(18)16-8-6-12(2)14(4)10-16/h5,7,9,11-14,16-17H,6,8,10H2,1-4H3/t11?,12?,13?,14?,16?,17-/m0/s1. The Kier molecular flexibility index (Phi) is 4.29. The van der Waals surface area contributed by atoms with Crippen LogP contribution in [0.2, 0.25) is 0 Å². The molecule has 1 heteroatoms. The lowest BCUT2D eigenvalue weighted by atomic mass is 9.72. The van der Waals surface area contributed by atoms with Crippen LogP contribution in [-0.4, -0.2) is 6.17 Å². The Balaban J connectivity index is 2.02. The molecule has 1 saturated carbocycles. The quantitative estimate of drug-likeness (QED) is 0.634. The van der Waals surface area contributed by atoms with Gasteiger partial charge in [-0.25, -0.2) is 4.39 Å². The van der Waals surface area contributed by atoms with E-state index in [0.717, 1.165) is 24.3 Å². The Morgan fingerprint density at radius 2 is 1.78 bits per heavy atom. The minimum absolute atomic E-state index is 0.243. The zero-order chi connectivity index (χ0) is 13.3. The Morgan fingerprint density at radius 3 is 2.39 bits per heavy atom. The van der Waals surface area contributed by atoms with Crippen LogP contribution in [0.25, 0.3) is 0 Å². The summed E-state index contributed by atoms with van der Waals surface area (Å²) in [5, 5.41) is 0. The molecule has 0 amide bonds. The highest BCUT2D eigenvalue weighted by molar-refractivity contribution is 5.29. The fourth-order valence-electron chi connectivity index (χ4n) is 3.26. The second kappa shape index (κ2) is 5.59. The molecule has 0 heterocycles. The van der Waals surface area contributed by atoms with Gasteiger partial charge in [0.1, 0.15) is 6.17 Å². The van der Waals surface area contributed by atoms with Gasteiger partial charge < -0.3 is 0 Å². The van der Waals surface area contributed by atoms with Crippen LogP contribution in [-0.2, 0) is 0 Å². The summed E-state index contributed by atoms with van der Waals surface area (Å²) in [4.78, 5) is 0. The van der Waals surface area contributed by atoms with Gasteiger partial charge in [0.05, 0.1) is 0 Å². The van der Waals surface area contributed by atoms with Gasteiger partial charge in [-0.2, -0.15) is 0 Å². The van der Waals surface area contributed by atoms with E-state index in [-0.39, 0.29) is 5.92 Å². The molecule has 2 rings (SSSR count). The van der Waals surface area contributed by atoms with Gasteiger partial charge in [-0.3, -0.25) is 0 Å². The third-order valence-corrected chi connectivity index (χ3v) is 5.25. The van der Waals surface area contributed by atoms with Gasteiger partial charge in [0.2, 0.25) is 0 Å². The summed E-state index contributed by atoms with van der Waals surface area (Å²) in [7, 11) is 0. The zero-order valence-electron chi connectivity index (χ0n) is 12.2. The van der Waals surface area contributed by atoms with Crippen LogP contribution in [0.4, 0.5) is 4.39 Å². The molecule has 2 aliphatic rings. The Bertz CT molecular complexity index is 342. The van der Waals surface area contributed by atoms with Crippen molar-refractivity contribution in [1.82, 2.24) is 0 Å². The van der Waals surface area contributed by atoms with Gasteiger partial charge in [-0.15, -0.1) is 0 Å². The van der Waals surface area contributed by atoms with Crippen molar-refractivity contribution in [3.8, 4) is 0 Å². The first-order valence-corrected chi connectivity index (χ1v) is 7.53. The van der Waals surface area contributed by atoms with Gasteiger partial charge in [-0.1, -0.05) is 52.3 Å². The van der Waals surface area contributed by atoms with Crippen LogP contribution in [0.15, 0.2) is 23.8 Å². The third-order valence-electron chi connectivity index (χ3n) is 5.25. The average molecular weight is 250 g/mol. The number of halogens is 1. The Morgan fingerprint density at radius 1 is 1.06 bits per heavy atom. The maximum Gasteiger partial charge on any atom is 0.128 e. The molecule has 0 aromatic heterocycles. The van der Waals surface area contributed by atoms with Crippen LogP contribution >= 0.6 is 0 Å². The summed E-state index contributed by atoms with van der Waals surface area (Å²) in [6.07, 6.45) is 8.90. The lowest BCUT2D eigenvalue weighted by Gasteiger charge is -2.35. The lowest BCUT2D eigenvalue weighted by Crippen LogP contribution is -2.28. The van der Waals surface area contributed by atoms with Crippen LogP contribution in [0.1, 0.15) is 47.0 Å². The molecular formula is C17H27F. The summed E-state index contributed by atoms with van der Waals surface area (Å²) in [6.45, 7) is 8.97. The van der Waals surface area contributed by atoms with Crippen molar-refractivity contribution in [1.29, 1.82) is 0 Å². The SMILES string of the molecule is CC1C=CC([C@H](F)C2CCC(C)C(C)C2)=CC1C. The first-order chi connectivity index (χ1) is 8.49. The predicted octanol–water partition coefficient (Wildman–Crippen LogP) is 5.17. The van der Waals surface area contributed by atoms with Crippen molar-refractivity contribution in [2.75, 3.05) is 0 Å². The average Bonchev–Trinajstić information content (AvgIpc) is 2.35. The fourth-order valence-corrected chi connectivity index (χ4v) is 3.26. The first kappa shape index (κ1) is 13.8. The van der Waals surface area contributed by atoms with Crippen LogP contribution in [0.3, 0.4) is 0 Å². The predicted molar refractivity (Wildman–Crippen MR) is 76.1 cm³/mol. The van der Waals surface area contributed by atoms with Crippen molar-refractivity contribution < 1.29 is 4.39 Å². The summed E-state index contributed by atoms with van der Waals surface area (Å²) < 4.78 is 14.7. The largest absolute Gasteiger partial charge is 0.242 e. The maximum atomic E-state index is 14.7. The van der Waals surface area contributed by atoms with E-state index in [2.05, 4.69) is 39.8 Å². The first-order valence-electron chi connectivity index (χ1n) is 7.53. The van der Waals surface area contributed by atoms with Crippen LogP contribution in [0, 0.1) is 29.6 Å². The van der Waals surface area contributed by atoms with Gasteiger partial charge >= 0.3 is 0 Å². The zero-order valence-corrected chi connectivity index (χ0v) is 12.2. The number of hydrogen-bond acceptors (Lipinski definition) is 0. The third kappa shape index (κ3) is 2.87. The Labute approximate surface area is 111 Å². The van der Waals surface area contributed by atoms with Crippen molar-refractivity contribution >= 4 is 0 Å². The molecule has 0 nitrogen and oxygen atoms in total. The second-order valence-electron chi connectivity index (χ2n) is 6.67. The normalized spacial score (nSPS) is 42.5. The molecule has 0 radical (unpaired) electrons. The highest BCUT2D eigenvalue weighted by Gasteiger charge is 2.32. The minimum atomic E-state index is -0.744. The highest BCUT2D eigenvalue weighted by Crippen LogP contribution is 2.39. The second-order valence-corrected chi connectivity index (χ2v) is 6.67. The molecule has 2 aliphatic carbocycles. The smallest absolute Gasteiger partial charge is 0.128 e. The van der Waals surface area contributed by atoms with Crippen LogP contribution < -0.4 is 0 Å². The number of allylic oxidation sites excluding steroid dienone is 4. The molecule has 0 aliphatic heterocycles. The molecule has 102 valence electrons. The van der Waals surface area contributed by atoms with Gasteiger partial charge in [0.25, 0.3) is 0 Å². The van der Waals surface area contributed by atoms with Crippen molar-refractivity contribution in [3.63, 3.8) is 0 Å². The van der Waals surface area contributed by atoms with Crippen molar-refractivity contribution in [3.05, 3.63) is 23.8 Å². The topological polar surface area (TPSA) is 0 Å². The maximum absolute atomic E-state index is 14.7. The van der Waals surface area contributed by atoms with Gasteiger partial charge in [0.15, 0.2) is 0 Å². The molecule has 1 fully saturated rings. The van der Waals surface area contributed by atoms with E-state index in [4.69, 9.17) is 0 Å². The van der Waals surface area contributed by atoms with E-state index in [1.807, 2.05) is 6.08 Å². The van der Waals surface area contributed by atoms with Gasteiger partial charge in [-0.05, 0) is 48.0 Å². The Hall–Kier alpha value is -0.590.